The zero-order valence-corrected chi connectivity index (χ0v) is 14.4. The van der Waals surface area contributed by atoms with Gasteiger partial charge in [-0.15, -0.1) is 0 Å². The molecule has 8 heteroatoms. The first-order chi connectivity index (χ1) is 10.8. The molecule has 0 radical (unpaired) electrons. The molecule has 23 heavy (non-hydrogen) atoms. The van der Waals surface area contributed by atoms with Gasteiger partial charge in [-0.25, -0.2) is 0 Å². The summed E-state index contributed by atoms with van der Waals surface area (Å²) >= 11 is -0.820. The minimum atomic E-state index is -4.53. The number of hydrazine groups is 1. The second-order valence-electron chi connectivity index (χ2n) is 5.58. The summed E-state index contributed by atoms with van der Waals surface area (Å²) in [5, 5.41) is 8.82. The van der Waals surface area contributed by atoms with E-state index in [4.69, 9.17) is 11.1 Å². The van der Waals surface area contributed by atoms with Crippen molar-refractivity contribution in [2.45, 2.75) is 36.6 Å². The summed E-state index contributed by atoms with van der Waals surface area (Å²) in [6, 6.07) is 5.55. The number of nitrogens with two attached hydrogens (primary N) is 1. The molecular formula is C15H17AsF3N3O. The van der Waals surface area contributed by atoms with Crippen LogP contribution in [0.1, 0.15) is 36.8 Å². The van der Waals surface area contributed by atoms with Crippen molar-refractivity contribution < 1.29 is 18.0 Å². The van der Waals surface area contributed by atoms with Crippen LogP contribution in [0.4, 0.5) is 13.2 Å². The number of hydrogen-bond acceptors (Lipinski definition) is 3. The SMILES string of the molecule is N#Cc1ccc([AsH]C2CCCC(C(=O)NN)C2)cc1C(F)(F)F. The molecule has 2 rings (SSSR count). The predicted octanol–water partition coefficient (Wildman–Crippen LogP) is 1.61. The van der Waals surface area contributed by atoms with E-state index in [0.717, 1.165) is 25.3 Å². The molecule has 1 fully saturated rings. The van der Waals surface area contributed by atoms with Crippen molar-refractivity contribution in [3.8, 4) is 6.07 Å². The molecule has 0 spiro atoms. The van der Waals surface area contributed by atoms with E-state index in [2.05, 4.69) is 5.43 Å². The quantitative estimate of drug-likeness (QED) is 0.358. The Morgan fingerprint density at radius 2 is 2.13 bits per heavy atom. The maximum absolute atomic E-state index is 13.0. The van der Waals surface area contributed by atoms with E-state index in [0.29, 0.717) is 10.8 Å². The van der Waals surface area contributed by atoms with Gasteiger partial charge >= 0.3 is 138 Å². The molecule has 0 bridgehead atoms. The monoisotopic (exact) mass is 387 g/mol. The zero-order valence-electron chi connectivity index (χ0n) is 12.3. The van der Waals surface area contributed by atoms with E-state index in [1.807, 2.05) is 0 Å². The average Bonchev–Trinajstić information content (AvgIpc) is 2.53. The van der Waals surface area contributed by atoms with E-state index in [1.165, 1.54) is 6.07 Å². The fraction of sp³-hybridized carbons (Fsp3) is 0.467. The van der Waals surface area contributed by atoms with E-state index in [1.54, 1.807) is 12.1 Å². The van der Waals surface area contributed by atoms with Gasteiger partial charge in [0.25, 0.3) is 0 Å². The van der Waals surface area contributed by atoms with Gasteiger partial charge in [0.1, 0.15) is 0 Å². The summed E-state index contributed by atoms with van der Waals surface area (Å²) in [5.74, 6) is 4.81. The van der Waals surface area contributed by atoms with Crippen molar-refractivity contribution >= 4 is 26.0 Å². The maximum atomic E-state index is 13.0. The van der Waals surface area contributed by atoms with Gasteiger partial charge in [0, 0.05) is 0 Å². The molecular weight excluding hydrogens is 370 g/mol. The Balaban J connectivity index is 2.14. The van der Waals surface area contributed by atoms with Crippen LogP contribution in [-0.4, -0.2) is 21.7 Å². The summed E-state index contributed by atoms with van der Waals surface area (Å²) in [5.41, 5.74) is 0.936. The molecule has 0 saturated heterocycles. The van der Waals surface area contributed by atoms with Crippen molar-refractivity contribution in [2.24, 2.45) is 11.8 Å². The summed E-state index contributed by atoms with van der Waals surface area (Å²) in [6.45, 7) is 0. The van der Waals surface area contributed by atoms with Crippen molar-refractivity contribution in [3.63, 3.8) is 0 Å². The molecule has 3 N–H and O–H groups in total. The van der Waals surface area contributed by atoms with Gasteiger partial charge < -0.3 is 0 Å². The molecule has 124 valence electrons. The van der Waals surface area contributed by atoms with Gasteiger partial charge in [0.05, 0.1) is 0 Å². The molecule has 1 aliphatic rings. The van der Waals surface area contributed by atoms with Crippen LogP contribution in [0.5, 0.6) is 0 Å². The predicted molar refractivity (Wildman–Crippen MR) is 81.0 cm³/mol. The molecule has 1 amide bonds. The normalized spacial score (nSPS) is 22.0. The molecule has 1 aromatic rings. The third kappa shape index (κ3) is 4.49. The summed E-state index contributed by atoms with van der Waals surface area (Å²) < 4.78 is 39.9. The molecule has 1 aliphatic carbocycles. The van der Waals surface area contributed by atoms with Crippen molar-refractivity contribution in [1.29, 1.82) is 5.26 Å². The molecule has 3 atom stereocenters. The molecule has 1 aromatic carbocycles. The Morgan fingerprint density at radius 1 is 1.39 bits per heavy atom. The molecule has 0 aromatic heterocycles. The first-order valence-corrected chi connectivity index (χ1v) is 9.49. The summed E-state index contributed by atoms with van der Waals surface area (Å²) in [6.07, 6.45) is -1.27. The minimum absolute atomic E-state index is 0.150. The van der Waals surface area contributed by atoms with Crippen LogP contribution >= 0.6 is 0 Å². The van der Waals surface area contributed by atoms with Gasteiger partial charge in [-0.05, 0) is 0 Å². The number of nitrogens with one attached hydrogen (secondary N) is 1. The molecule has 1 saturated carbocycles. The number of rotatable bonds is 3. The standard InChI is InChI=1S/C15H17AsF3N3O/c17-15(18,19)13-7-12(5-4-10(13)8-20)16-11-3-1-2-9(6-11)14(23)22-21/h4-5,7,9,11,16H,1-3,6,21H2,(H,22,23). The second kappa shape index (κ2) is 7.37. The van der Waals surface area contributed by atoms with Gasteiger partial charge in [-0.3, -0.25) is 0 Å². The van der Waals surface area contributed by atoms with Crippen molar-refractivity contribution in [2.75, 3.05) is 0 Å². The summed E-state index contributed by atoms with van der Waals surface area (Å²) in [4.78, 5) is 11.6. The van der Waals surface area contributed by atoms with E-state index in [9.17, 15) is 18.0 Å². The Morgan fingerprint density at radius 3 is 2.74 bits per heavy atom. The van der Waals surface area contributed by atoms with Crippen LogP contribution in [-0.2, 0) is 11.0 Å². The first kappa shape index (κ1) is 17.8. The molecule has 4 nitrogen and oxygen atoms in total. The van der Waals surface area contributed by atoms with E-state index >= 15 is 0 Å². The van der Waals surface area contributed by atoms with Crippen LogP contribution in [0.15, 0.2) is 18.2 Å². The number of nitrogens with zero attached hydrogens (tertiary/aromatic N) is 1. The zero-order chi connectivity index (χ0) is 17.0. The van der Waals surface area contributed by atoms with Crippen LogP contribution in [0, 0.1) is 17.2 Å². The van der Waals surface area contributed by atoms with Gasteiger partial charge in [0.2, 0.25) is 0 Å². The number of hydrogen-bond donors (Lipinski definition) is 2. The van der Waals surface area contributed by atoms with Gasteiger partial charge in [-0.2, -0.15) is 0 Å². The van der Waals surface area contributed by atoms with Gasteiger partial charge in [0.15, 0.2) is 0 Å². The summed E-state index contributed by atoms with van der Waals surface area (Å²) in [7, 11) is 0. The van der Waals surface area contributed by atoms with E-state index in [-0.39, 0.29) is 22.1 Å². The molecule has 0 heterocycles. The second-order valence-corrected chi connectivity index (χ2v) is 9.11. The number of carbonyl (C=O) groups excluding carboxylic acids is 1. The van der Waals surface area contributed by atoms with Crippen LogP contribution in [0.2, 0.25) is 4.71 Å². The average molecular weight is 387 g/mol. The third-order valence-corrected chi connectivity index (χ3v) is 7.31. The Bertz CT molecular complexity index is 627. The van der Waals surface area contributed by atoms with Gasteiger partial charge in [-0.1, -0.05) is 0 Å². The number of carbonyl (C=O) groups is 1. The first-order valence-electron chi connectivity index (χ1n) is 7.23. The van der Waals surface area contributed by atoms with Crippen LogP contribution < -0.4 is 15.6 Å². The van der Waals surface area contributed by atoms with Crippen LogP contribution in [0.3, 0.4) is 0 Å². The number of benzene rings is 1. The topological polar surface area (TPSA) is 78.9 Å². The Kier molecular flexibility index (Phi) is 5.72. The van der Waals surface area contributed by atoms with Crippen molar-refractivity contribution in [1.82, 2.24) is 5.43 Å². The third-order valence-electron chi connectivity index (χ3n) is 4.00. The van der Waals surface area contributed by atoms with Crippen LogP contribution in [0.25, 0.3) is 0 Å². The fourth-order valence-corrected chi connectivity index (χ4v) is 6.30. The fourth-order valence-electron chi connectivity index (χ4n) is 2.88. The molecule has 3 unspecified atom stereocenters. The van der Waals surface area contributed by atoms with E-state index < -0.39 is 27.5 Å². The number of nitriles is 1. The Hall–Kier alpha value is -1.51. The number of halogens is 3. The number of amides is 1. The molecule has 0 aliphatic heterocycles. The number of alkyl halides is 3. The Labute approximate surface area is 138 Å². The van der Waals surface area contributed by atoms with Crippen molar-refractivity contribution in [3.05, 3.63) is 29.3 Å².